The Morgan fingerprint density at radius 3 is 2.52 bits per heavy atom. The fourth-order valence-corrected chi connectivity index (χ4v) is 2.85. The number of carbonyl (C=O) groups excluding carboxylic acids is 1. The summed E-state index contributed by atoms with van der Waals surface area (Å²) in [7, 11) is 0. The Labute approximate surface area is 123 Å². The minimum atomic E-state index is -0.696. The van der Waals surface area contributed by atoms with E-state index < -0.39 is 5.41 Å². The van der Waals surface area contributed by atoms with E-state index in [0.29, 0.717) is 24.9 Å². The second-order valence-corrected chi connectivity index (χ2v) is 5.45. The number of rotatable bonds is 4. The number of halogens is 1. The van der Waals surface area contributed by atoms with Crippen LogP contribution in [0, 0.1) is 5.82 Å². The highest BCUT2D eigenvalue weighted by Crippen LogP contribution is 2.44. The zero-order valence-corrected chi connectivity index (χ0v) is 11.7. The Kier molecular flexibility index (Phi) is 3.69. The van der Waals surface area contributed by atoms with Crippen molar-refractivity contribution >= 4 is 5.91 Å². The molecule has 21 heavy (non-hydrogen) atoms. The summed E-state index contributed by atoms with van der Waals surface area (Å²) in [6, 6.07) is 10.3. The molecule has 108 valence electrons. The third kappa shape index (κ3) is 2.53. The molecule has 3 nitrogen and oxygen atoms in total. The van der Waals surface area contributed by atoms with Gasteiger partial charge in [-0.05, 0) is 36.6 Å². The molecule has 0 spiro atoms. The van der Waals surface area contributed by atoms with Crippen LogP contribution >= 0.6 is 0 Å². The van der Waals surface area contributed by atoms with Crippen molar-refractivity contribution in [3.63, 3.8) is 0 Å². The van der Waals surface area contributed by atoms with Crippen LogP contribution in [0.1, 0.15) is 30.4 Å². The van der Waals surface area contributed by atoms with Gasteiger partial charge < -0.3 is 5.32 Å². The summed E-state index contributed by atoms with van der Waals surface area (Å²) in [5.74, 6) is -0.382. The zero-order valence-electron chi connectivity index (χ0n) is 11.7. The molecule has 1 heterocycles. The van der Waals surface area contributed by atoms with E-state index in [4.69, 9.17) is 0 Å². The van der Waals surface area contributed by atoms with Gasteiger partial charge >= 0.3 is 0 Å². The van der Waals surface area contributed by atoms with Crippen molar-refractivity contribution < 1.29 is 9.18 Å². The molecule has 1 aliphatic carbocycles. The summed E-state index contributed by atoms with van der Waals surface area (Å²) in [5, 5.41) is 2.93. The van der Waals surface area contributed by atoms with E-state index >= 15 is 0 Å². The van der Waals surface area contributed by atoms with Gasteiger partial charge in [0, 0.05) is 24.5 Å². The van der Waals surface area contributed by atoms with Crippen molar-refractivity contribution in [1.29, 1.82) is 0 Å². The number of nitrogens with one attached hydrogen (secondary N) is 1. The van der Waals surface area contributed by atoms with Crippen molar-refractivity contribution in [2.75, 3.05) is 0 Å². The fourth-order valence-electron chi connectivity index (χ4n) is 2.85. The first-order valence-corrected chi connectivity index (χ1v) is 7.15. The lowest BCUT2D eigenvalue weighted by atomic mass is 9.63. The first-order valence-electron chi connectivity index (χ1n) is 7.15. The van der Waals surface area contributed by atoms with Gasteiger partial charge in [0.15, 0.2) is 0 Å². The molecular weight excluding hydrogens is 267 g/mol. The molecule has 1 aromatic carbocycles. The van der Waals surface area contributed by atoms with Crippen molar-refractivity contribution in [1.82, 2.24) is 10.3 Å². The fraction of sp³-hybridized carbons (Fsp3) is 0.294. The van der Waals surface area contributed by atoms with Crippen molar-refractivity contribution in [2.45, 2.75) is 31.2 Å². The lowest BCUT2D eigenvalue weighted by Gasteiger charge is -2.40. The van der Waals surface area contributed by atoms with Crippen LogP contribution < -0.4 is 5.32 Å². The Balaban J connectivity index is 1.77. The number of hydrogen-bond donors (Lipinski definition) is 1. The van der Waals surface area contributed by atoms with E-state index in [1.807, 2.05) is 12.1 Å². The summed E-state index contributed by atoms with van der Waals surface area (Å²) in [6.07, 6.45) is 5.75. The monoisotopic (exact) mass is 284 g/mol. The van der Waals surface area contributed by atoms with Gasteiger partial charge in [-0.3, -0.25) is 9.78 Å². The Hall–Kier alpha value is -2.23. The molecule has 0 atom stereocenters. The molecule has 1 aliphatic rings. The molecule has 1 amide bonds. The number of carbonyl (C=O) groups is 1. The van der Waals surface area contributed by atoms with Gasteiger partial charge in [0.25, 0.3) is 0 Å². The molecule has 0 aliphatic heterocycles. The van der Waals surface area contributed by atoms with Crippen LogP contribution in [0.15, 0.2) is 48.8 Å². The van der Waals surface area contributed by atoms with Crippen LogP contribution in [-0.4, -0.2) is 10.9 Å². The Morgan fingerprint density at radius 2 is 1.90 bits per heavy atom. The molecule has 0 radical (unpaired) electrons. The minimum absolute atomic E-state index is 0.0873. The highest BCUT2D eigenvalue weighted by atomic mass is 19.1. The molecule has 2 aromatic rings. The smallest absolute Gasteiger partial charge is 0.231 e. The van der Waals surface area contributed by atoms with Crippen LogP contribution in [-0.2, 0) is 16.8 Å². The van der Waals surface area contributed by atoms with Crippen LogP contribution in [0.4, 0.5) is 4.39 Å². The maximum absolute atomic E-state index is 14.0. The third-order valence-electron chi connectivity index (χ3n) is 4.23. The number of pyridine rings is 1. The van der Waals surface area contributed by atoms with Gasteiger partial charge in [-0.15, -0.1) is 0 Å². The predicted molar refractivity (Wildman–Crippen MR) is 78.0 cm³/mol. The molecule has 0 saturated heterocycles. The minimum Gasteiger partial charge on any atom is -0.351 e. The van der Waals surface area contributed by atoms with E-state index in [2.05, 4.69) is 10.3 Å². The van der Waals surface area contributed by atoms with Gasteiger partial charge in [0.1, 0.15) is 5.82 Å². The van der Waals surface area contributed by atoms with Crippen molar-refractivity contribution in [2.24, 2.45) is 0 Å². The van der Waals surface area contributed by atoms with E-state index in [-0.39, 0.29) is 11.7 Å². The van der Waals surface area contributed by atoms with Crippen LogP contribution in [0.5, 0.6) is 0 Å². The summed E-state index contributed by atoms with van der Waals surface area (Å²) in [6.45, 7) is 0.442. The average Bonchev–Trinajstić information content (AvgIpc) is 2.47. The molecule has 1 aromatic heterocycles. The number of amides is 1. The van der Waals surface area contributed by atoms with Gasteiger partial charge in [0.05, 0.1) is 5.41 Å². The largest absolute Gasteiger partial charge is 0.351 e. The van der Waals surface area contributed by atoms with Crippen molar-refractivity contribution in [3.05, 3.63) is 65.7 Å². The van der Waals surface area contributed by atoms with Crippen LogP contribution in [0.2, 0.25) is 0 Å². The highest BCUT2D eigenvalue weighted by molar-refractivity contribution is 5.89. The maximum atomic E-state index is 14.0. The number of benzene rings is 1. The first-order chi connectivity index (χ1) is 10.2. The maximum Gasteiger partial charge on any atom is 0.231 e. The highest BCUT2D eigenvalue weighted by Gasteiger charge is 2.46. The molecule has 1 fully saturated rings. The average molecular weight is 284 g/mol. The van der Waals surface area contributed by atoms with E-state index in [1.165, 1.54) is 6.07 Å². The predicted octanol–water partition coefficient (Wildman–Crippen LogP) is 2.96. The Bertz CT molecular complexity index is 638. The molecule has 0 bridgehead atoms. The summed E-state index contributed by atoms with van der Waals surface area (Å²) in [4.78, 5) is 16.5. The first kappa shape index (κ1) is 13.7. The molecule has 1 N–H and O–H groups in total. The number of hydrogen-bond acceptors (Lipinski definition) is 2. The topological polar surface area (TPSA) is 42.0 Å². The van der Waals surface area contributed by atoms with Crippen LogP contribution in [0.25, 0.3) is 0 Å². The van der Waals surface area contributed by atoms with Crippen molar-refractivity contribution in [3.8, 4) is 0 Å². The standard InChI is InChI=1S/C17H17FN2O/c18-15-5-2-1-4-14(15)17(8-3-9-17)16(21)20-12-13-6-10-19-11-7-13/h1-2,4-7,10-11H,3,8-9,12H2,(H,20,21). The lowest BCUT2D eigenvalue weighted by Crippen LogP contribution is -2.49. The second-order valence-electron chi connectivity index (χ2n) is 5.45. The molecular formula is C17H17FN2O. The summed E-state index contributed by atoms with van der Waals surface area (Å²) >= 11 is 0. The van der Waals surface area contributed by atoms with Gasteiger partial charge in [0.2, 0.25) is 5.91 Å². The third-order valence-corrected chi connectivity index (χ3v) is 4.23. The second kappa shape index (κ2) is 5.64. The molecule has 1 saturated carbocycles. The van der Waals surface area contributed by atoms with E-state index in [0.717, 1.165) is 12.0 Å². The zero-order chi connectivity index (χ0) is 14.7. The molecule has 3 rings (SSSR count). The van der Waals surface area contributed by atoms with Crippen LogP contribution in [0.3, 0.4) is 0 Å². The quantitative estimate of drug-likeness (QED) is 0.938. The van der Waals surface area contributed by atoms with Gasteiger partial charge in [-0.25, -0.2) is 4.39 Å². The van der Waals surface area contributed by atoms with Gasteiger partial charge in [-0.1, -0.05) is 24.6 Å². The van der Waals surface area contributed by atoms with E-state index in [9.17, 15) is 9.18 Å². The number of nitrogens with zero attached hydrogens (tertiary/aromatic N) is 1. The lowest BCUT2D eigenvalue weighted by molar-refractivity contribution is -0.130. The normalized spacial score (nSPS) is 16.0. The summed E-state index contributed by atoms with van der Waals surface area (Å²) < 4.78 is 14.0. The SMILES string of the molecule is O=C(NCc1ccncc1)C1(c2ccccc2F)CCC1. The number of aromatic nitrogens is 1. The Morgan fingerprint density at radius 1 is 1.19 bits per heavy atom. The molecule has 0 unspecified atom stereocenters. The summed E-state index contributed by atoms with van der Waals surface area (Å²) in [5.41, 5.74) is 0.808. The van der Waals surface area contributed by atoms with Gasteiger partial charge in [-0.2, -0.15) is 0 Å². The van der Waals surface area contributed by atoms with E-state index in [1.54, 1.807) is 30.6 Å². The molecule has 4 heteroatoms.